The van der Waals surface area contributed by atoms with E-state index in [0.29, 0.717) is 40.3 Å². The number of carbonyl (C=O) groups excluding carboxylic acids is 1. The fourth-order valence-corrected chi connectivity index (χ4v) is 3.90. The van der Waals surface area contributed by atoms with Crippen LogP contribution in [0.15, 0.2) is 24.4 Å². The number of carbonyl (C=O) groups is 1. The van der Waals surface area contributed by atoms with Crippen LogP contribution in [-0.2, 0) is 13.0 Å². The van der Waals surface area contributed by atoms with Gasteiger partial charge in [0.1, 0.15) is 0 Å². The number of H-pyrrole nitrogens is 1. The van der Waals surface area contributed by atoms with E-state index in [1.165, 1.54) is 0 Å². The van der Waals surface area contributed by atoms with Crippen LogP contribution in [0.2, 0.25) is 10.0 Å². The lowest BCUT2D eigenvalue weighted by Gasteiger charge is -2.21. The molecule has 0 aliphatic heterocycles. The molecule has 1 unspecified atom stereocenters. The number of aromatic nitrogens is 6. The molecule has 0 radical (unpaired) electrons. The van der Waals surface area contributed by atoms with Gasteiger partial charge in [-0.3, -0.25) is 9.48 Å². The Hall–Kier alpha value is -2.45. The molecule has 4 rings (SSSR count). The van der Waals surface area contributed by atoms with Crippen LogP contribution in [0.4, 0.5) is 0 Å². The van der Waals surface area contributed by atoms with Crippen LogP contribution in [0.25, 0.3) is 0 Å². The Morgan fingerprint density at radius 1 is 1.36 bits per heavy atom. The fraction of sp³-hybridized carbons (Fsp3) is 0.389. The first-order valence-corrected chi connectivity index (χ1v) is 9.79. The number of halogens is 2. The number of nitrogens with zero attached hydrogens (tertiary/aromatic N) is 5. The topological polar surface area (TPSA) is 101 Å². The third kappa shape index (κ3) is 3.88. The smallest absolute Gasteiger partial charge is 0.255 e. The second-order valence-corrected chi connectivity index (χ2v) is 7.68. The van der Waals surface area contributed by atoms with Crippen molar-refractivity contribution in [2.45, 2.75) is 38.8 Å². The summed E-state index contributed by atoms with van der Waals surface area (Å²) in [6.07, 6.45) is 4.23. The van der Waals surface area contributed by atoms with Gasteiger partial charge in [0.15, 0.2) is 5.82 Å². The van der Waals surface area contributed by atoms with Crippen molar-refractivity contribution in [3.8, 4) is 0 Å². The molecule has 1 fully saturated rings. The van der Waals surface area contributed by atoms with Crippen LogP contribution in [0.1, 0.15) is 46.3 Å². The lowest BCUT2D eigenvalue weighted by atomic mass is 10.0. The molecular formula is C18H19Cl2N7O. The number of tetrazole rings is 1. The van der Waals surface area contributed by atoms with Crippen LogP contribution >= 0.6 is 23.2 Å². The molecule has 0 spiro atoms. The Labute approximate surface area is 171 Å². The number of rotatable bonds is 7. The molecule has 2 N–H and O–H groups in total. The van der Waals surface area contributed by atoms with Crippen molar-refractivity contribution in [3.05, 3.63) is 57.1 Å². The van der Waals surface area contributed by atoms with Gasteiger partial charge in [0.2, 0.25) is 0 Å². The predicted octanol–water partition coefficient (Wildman–Crippen LogP) is 3.14. The van der Waals surface area contributed by atoms with Gasteiger partial charge < -0.3 is 5.32 Å². The summed E-state index contributed by atoms with van der Waals surface area (Å²) in [5.41, 5.74) is 2.09. The summed E-state index contributed by atoms with van der Waals surface area (Å²) in [5, 5.41) is 22.4. The molecule has 1 aromatic carbocycles. The molecule has 1 amide bonds. The van der Waals surface area contributed by atoms with Gasteiger partial charge in [-0.2, -0.15) is 10.3 Å². The first kappa shape index (κ1) is 18.9. The highest BCUT2D eigenvalue weighted by Crippen LogP contribution is 2.45. The molecule has 2 aromatic heterocycles. The maximum absolute atomic E-state index is 13.0. The van der Waals surface area contributed by atoms with Gasteiger partial charge in [-0.15, -0.1) is 10.2 Å². The minimum atomic E-state index is -0.212. The maximum Gasteiger partial charge on any atom is 0.255 e. The Morgan fingerprint density at radius 2 is 2.11 bits per heavy atom. The summed E-state index contributed by atoms with van der Waals surface area (Å²) in [6, 6.07) is 5.19. The number of aromatic amines is 1. The first-order chi connectivity index (χ1) is 13.5. The van der Waals surface area contributed by atoms with Gasteiger partial charge >= 0.3 is 0 Å². The van der Waals surface area contributed by atoms with E-state index in [1.54, 1.807) is 29.1 Å². The van der Waals surface area contributed by atoms with Gasteiger partial charge in [-0.25, -0.2) is 0 Å². The third-order valence-corrected chi connectivity index (χ3v) is 5.63. The minimum absolute atomic E-state index is 0.184. The second kappa shape index (κ2) is 7.89. The van der Waals surface area contributed by atoms with Crippen molar-refractivity contribution < 1.29 is 4.79 Å². The average Bonchev–Trinajstić information content (AvgIpc) is 3.25. The Balaban J connectivity index is 1.51. The zero-order valence-corrected chi connectivity index (χ0v) is 16.7. The van der Waals surface area contributed by atoms with Crippen LogP contribution in [0.5, 0.6) is 0 Å². The van der Waals surface area contributed by atoms with Gasteiger partial charge in [0.05, 0.1) is 17.8 Å². The molecule has 10 heteroatoms. The van der Waals surface area contributed by atoms with Gasteiger partial charge in [-0.1, -0.05) is 34.5 Å². The molecule has 1 saturated carbocycles. The summed E-state index contributed by atoms with van der Waals surface area (Å²) < 4.78 is 1.76. The normalized spacial score (nSPS) is 14.8. The van der Waals surface area contributed by atoms with Crippen molar-refractivity contribution in [2.24, 2.45) is 5.92 Å². The third-order valence-electron chi connectivity index (χ3n) is 4.97. The van der Waals surface area contributed by atoms with E-state index in [4.69, 9.17) is 23.2 Å². The number of benzene rings is 1. The van der Waals surface area contributed by atoms with E-state index in [-0.39, 0.29) is 11.9 Å². The van der Waals surface area contributed by atoms with Gasteiger partial charge in [0, 0.05) is 34.3 Å². The van der Waals surface area contributed by atoms with Crippen LogP contribution in [-0.4, -0.2) is 36.3 Å². The van der Waals surface area contributed by atoms with E-state index in [9.17, 15) is 4.79 Å². The quantitative estimate of drug-likeness (QED) is 0.612. The monoisotopic (exact) mass is 419 g/mol. The Bertz CT molecular complexity index is 962. The molecule has 146 valence electrons. The molecule has 1 aliphatic rings. The highest BCUT2D eigenvalue weighted by atomic mass is 35.5. The van der Waals surface area contributed by atoms with Crippen LogP contribution in [0.3, 0.4) is 0 Å². The SMILES string of the molecule is Cc1c(C(=O)NC(c2c(Cl)cccc2Cl)C2CC2)cnn1CCc1nn[nH]n1. The van der Waals surface area contributed by atoms with Crippen molar-refractivity contribution in [2.75, 3.05) is 0 Å². The maximum atomic E-state index is 13.0. The molecule has 2 heterocycles. The fourth-order valence-electron chi connectivity index (χ4n) is 3.27. The highest BCUT2D eigenvalue weighted by molar-refractivity contribution is 6.36. The van der Waals surface area contributed by atoms with Crippen LogP contribution in [0, 0.1) is 12.8 Å². The predicted molar refractivity (Wildman–Crippen MR) is 104 cm³/mol. The molecule has 0 saturated heterocycles. The largest absolute Gasteiger partial charge is 0.345 e. The zero-order valence-electron chi connectivity index (χ0n) is 15.2. The Morgan fingerprint density at radius 3 is 2.75 bits per heavy atom. The van der Waals surface area contributed by atoms with Crippen LogP contribution < -0.4 is 5.32 Å². The van der Waals surface area contributed by atoms with Gasteiger partial charge in [-0.05, 0) is 37.8 Å². The molecule has 8 nitrogen and oxygen atoms in total. The summed E-state index contributed by atoms with van der Waals surface area (Å²) >= 11 is 12.8. The Kier molecular flexibility index (Phi) is 5.32. The van der Waals surface area contributed by atoms with E-state index >= 15 is 0 Å². The van der Waals surface area contributed by atoms with Crippen molar-refractivity contribution in [3.63, 3.8) is 0 Å². The van der Waals surface area contributed by atoms with E-state index < -0.39 is 0 Å². The number of amides is 1. The number of hydrogen-bond acceptors (Lipinski definition) is 5. The van der Waals surface area contributed by atoms with Crippen molar-refractivity contribution in [1.82, 2.24) is 35.7 Å². The number of hydrogen-bond donors (Lipinski definition) is 2. The first-order valence-electron chi connectivity index (χ1n) is 9.04. The average molecular weight is 420 g/mol. The van der Waals surface area contributed by atoms with Crippen molar-refractivity contribution in [1.29, 1.82) is 0 Å². The highest BCUT2D eigenvalue weighted by Gasteiger charge is 2.36. The molecular weight excluding hydrogens is 401 g/mol. The van der Waals surface area contributed by atoms with E-state index in [1.807, 2.05) is 6.92 Å². The lowest BCUT2D eigenvalue weighted by molar-refractivity contribution is 0.0931. The number of aryl methyl sites for hydroxylation is 2. The zero-order chi connectivity index (χ0) is 19.7. The molecule has 1 aliphatic carbocycles. The standard InChI is InChI=1S/C18H19Cl2N7O/c1-10-12(9-21-27(10)8-7-15-23-25-26-24-15)18(28)22-17(11-5-6-11)16-13(19)3-2-4-14(16)20/h2-4,9,11,17H,5-8H2,1H3,(H,22,28)(H,23,24,25,26). The van der Waals surface area contributed by atoms with Crippen molar-refractivity contribution >= 4 is 29.1 Å². The molecule has 0 bridgehead atoms. The lowest BCUT2D eigenvalue weighted by Crippen LogP contribution is -2.30. The minimum Gasteiger partial charge on any atom is -0.345 e. The molecule has 28 heavy (non-hydrogen) atoms. The second-order valence-electron chi connectivity index (χ2n) is 6.87. The summed E-state index contributed by atoms with van der Waals surface area (Å²) in [7, 11) is 0. The summed E-state index contributed by atoms with van der Waals surface area (Å²) in [5.74, 6) is 0.759. The summed E-state index contributed by atoms with van der Waals surface area (Å²) in [6.45, 7) is 2.42. The summed E-state index contributed by atoms with van der Waals surface area (Å²) in [4.78, 5) is 13.0. The molecule has 1 atom stereocenters. The molecule has 3 aromatic rings. The van der Waals surface area contributed by atoms with Gasteiger partial charge in [0.25, 0.3) is 5.91 Å². The van der Waals surface area contributed by atoms with E-state index in [2.05, 4.69) is 31.0 Å². The number of nitrogens with one attached hydrogen (secondary N) is 2. The van der Waals surface area contributed by atoms with E-state index in [0.717, 1.165) is 24.1 Å².